The van der Waals surface area contributed by atoms with Crippen LogP contribution in [0.15, 0.2) is 30.6 Å². The van der Waals surface area contributed by atoms with Gasteiger partial charge in [0.05, 0.1) is 16.1 Å². The van der Waals surface area contributed by atoms with Crippen molar-refractivity contribution in [2.45, 2.75) is 6.04 Å². The minimum atomic E-state index is 0.00441. The lowest BCUT2D eigenvalue weighted by Gasteiger charge is -2.17. The van der Waals surface area contributed by atoms with Crippen molar-refractivity contribution in [2.24, 2.45) is 7.05 Å². The summed E-state index contributed by atoms with van der Waals surface area (Å²) in [6, 6.07) is 5.61. The van der Waals surface area contributed by atoms with Crippen LogP contribution in [0, 0.1) is 0 Å². The number of hydrogen-bond donors (Lipinski definition) is 1. The average Bonchev–Trinajstić information content (AvgIpc) is 2.71. The van der Waals surface area contributed by atoms with Gasteiger partial charge in [0.1, 0.15) is 5.82 Å². The number of nitrogens with zero attached hydrogens (tertiary/aromatic N) is 2. The second kappa shape index (κ2) is 5.08. The normalized spacial score (nSPS) is 12.7. The number of halogens is 2. The number of aromatic nitrogens is 2. The van der Waals surface area contributed by atoms with E-state index in [1.807, 2.05) is 37.0 Å². The molecule has 1 atom stereocenters. The Hall–Kier alpha value is -1.03. The van der Waals surface area contributed by atoms with E-state index in [9.17, 15) is 0 Å². The summed E-state index contributed by atoms with van der Waals surface area (Å²) >= 11 is 11.9. The lowest BCUT2D eigenvalue weighted by atomic mass is 10.1. The van der Waals surface area contributed by atoms with Crippen molar-refractivity contribution in [3.63, 3.8) is 0 Å². The fourth-order valence-corrected chi connectivity index (χ4v) is 2.10. The molecule has 0 saturated heterocycles. The Morgan fingerprint density at radius 3 is 2.59 bits per heavy atom. The Kier molecular flexibility index (Phi) is 3.72. The molecule has 0 spiro atoms. The fraction of sp³-hybridized carbons (Fsp3) is 0.250. The van der Waals surface area contributed by atoms with E-state index in [1.165, 1.54) is 0 Å². The molecule has 0 radical (unpaired) electrons. The Balaban J connectivity index is 2.42. The van der Waals surface area contributed by atoms with E-state index in [2.05, 4.69) is 10.3 Å². The molecule has 3 nitrogen and oxygen atoms in total. The maximum absolute atomic E-state index is 6.03. The second-order valence-electron chi connectivity index (χ2n) is 3.79. The Bertz CT molecular complexity index is 522. The third-order valence-corrected chi connectivity index (χ3v) is 3.42. The van der Waals surface area contributed by atoms with Crippen LogP contribution in [0.2, 0.25) is 10.0 Å². The largest absolute Gasteiger partial charge is 0.336 e. The predicted molar refractivity (Wildman–Crippen MR) is 70.6 cm³/mol. The molecule has 1 unspecified atom stereocenters. The topological polar surface area (TPSA) is 29.9 Å². The van der Waals surface area contributed by atoms with Crippen molar-refractivity contribution >= 4 is 23.2 Å². The van der Waals surface area contributed by atoms with Crippen molar-refractivity contribution in [1.29, 1.82) is 0 Å². The highest BCUT2D eigenvalue weighted by molar-refractivity contribution is 6.42. The molecule has 90 valence electrons. The van der Waals surface area contributed by atoms with Gasteiger partial charge in [0.2, 0.25) is 0 Å². The van der Waals surface area contributed by atoms with Crippen LogP contribution in [0.1, 0.15) is 17.4 Å². The second-order valence-corrected chi connectivity index (χ2v) is 4.61. The molecule has 1 heterocycles. The molecule has 2 aromatic rings. The van der Waals surface area contributed by atoms with Crippen LogP contribution in [-0.2, 0) is 7.05 Å². The van der Waals surface area contributed by atoms with E-state index in [-0.39, 0.29) is 6.04 Å². The summed E-state index contributed by atoms with van der Waals surface area (Å²) in [5.74, 6) is 0.936. The number of benzene rings is 1. The molecule has 5 heteroatoms. The number of hydrogen-bond acceptors (Lipinski definition) is 2. The Labute approximate surface area is 110 Å². The minimum absolute atomic E-state index is 0.00441. The maximum Gasteiger partial charge on any atom is 0.130 e. The van der Waals surface area contributed by atoms with Crippen molar-refractivity contribution in [2.75, 3.05) is 7.05 Å². The monoisotopic (exact) mass is 269 g/mol. The van der Waals surface area contributed by atoms with E-state index < -0.39 is 0 Å². The van der Waals surface area contributed by atoms with Gasteiger partial charge in [-0.1, -0.05) is 29.3 Å². The zero-order chi connectivity index (χ0) is 12.4. The van der Waals surface area contributed by atoms with Crippen LogP contribution in [-0.4, -0.2) is 16.6 Å². The first-order chi connectivity index (χ1) is 8.13. The molecule has 1 N–H and O–H groups in total. The van der Waals surface area contributed by atoms with Gasteiger partial charge in [0.25, 0.3) is 0 Å². The third-order valence-electron chi connectivity index (χ3n) is 2.68. The minimum Gasteiger partial charge on any atom is -0.336 e. The van der Waals surface area contributed by atoms with Gasteiger partial charge in [0, 0.05) is 19.4 Å². The average molecular weight is 270 g/mol. The smallest absolute Gasteiger partial charge is 0.130 e. The zero-order valence-corrected chi connectivity index (χ0v) is 11.1. The summed E-state index contributed by atoms with van der Waals surface area (Å²) in [6.07, 6.45) is 3.69. The number of aryl methyl sites for hydroxylation is 1. The summed E-state index contributed by atoms with van der Waals surface area (Å²) in [4.78, 5) is 4.34. The molecule has 0 aliphatic carbocycles. The summed E-state index contributed by atoms with van der Waals surface area (Å²) in [5.41, 5.74) is 1.04. The summed E-state index contributed by atoms with van der Waals surface area (Å²) in [5, 5.41) is 4.34. The van der Waals surface area contributed by atoms with Gasteiger partial charge in [0.15, 0.2) is 0 Å². The first-order valence-electron chi connectivity index (χ1n) is 5.23. The molecule has 1 aromatic heterocycles. The van der Waals surface area contributed by atoms with E-state index in [0.717, 1.165) is 11.4 Å². The first kappa shape index (κ1) is 12.4. The van der Waals surface area contributed by atoms with Crippen LogP contribution < -0.4 is 5.32 Å². The van der Waals surface area contributed by atoms with E-state index in [1.54, 1.807) is 12.3 Å². The highest BCUT2D eigenvalue weighted by Crippen LogP contribution is 2.27. The van der Waals surface area contributed by atoms with Crippen LogP contribution in [0.25, 0.3) is 0 Å². The van der Waals surface area contributed by atoms with Crippen LogP contribution in [0.4, 0.5) is 0 Å². The third kappa shape index (κ3) is 2.46. The molecule has 0 bridgehead atoms. The molecular formula is C12H13Cl2N3. The zero-order valence-electron chi connectivity index (χ0n) is 9.61. The summed E-state index contributed by atoms with van der Waals surface area (Å²) < 4.78 is 1.98. The van der Waals surface area contributed by atoms with E-state index >= 15 is 0 Å². The molecule has 17 heavy (non-hydrogen) atoms. The molecule has 0 saturated carbocycles. The molecular weight excluding hydrogens is 257 g/mol. The van der Waals surface area contributed by atoms with Gasteiger partial charge in [-0.25, -0.2) is 4.98 Å². The lowest BCUT2D eigenvalue weighted by molar-refractivity contribution is 0.617. The van der Waals surface area contributed by atoms with Crippen molar-refractivity contribution in [3.8, 4) is 0 Å². The maximum atomic E-state index is 6.03. The van der Waals surface area contributed by atoms with Crippen molar-refractivity contribution in [1.82, 2.24) is 14.9 Å². The molecule has 2 rings (SSSR count). The van der Waals surface area contributed by atoms with Gasteiger partial charge in [-0.05, 0) is 24.7 Å². The van der Waals surface area contributed by atoms with Crippen LogP contribution in [0.3, 0.4) is 0 Å². The Morgan fingerprint density at radius 1 is 1.29 bits per heavy atom. The quantitative estimate of drug-likeness (QED) is 0.929. The Morgan fingerprint density at radius 2 is 2.06 bits per heavy atom. The SMILES string of the molecule is CNC(c1ccc(Cl)c(Cl)c1)c1nccn1C. The number of rotatable bonds is 3. The van der Waals surface area contributed by atoms with Gasteiger partial charge >= 0.3 is 0 Å². The lowest BCUT2D eigenvalue weighted by Crippen LogP contribution is -2.21. The number of nitrogens with one attached hydrogen (secondary N) is 1. The fourth-order valence-electron chi connectivity index (χ4n) is 1.79. The van der Waals surface area contributed by atoms with E-state index in [4.69, 9.17) is 23.2 Å². The van der Waals surface area contributed by atoms with Gasteiger partial charge in [-0.3, -0.25) is 0 Å². The first-order valence-corrected chi connectivity index (χ1v) is 5.98. The summed E-state index contributed by atoms with van der Waals surface area (Å²) in [7, 11) is 3.85. The molecule has 1 aromatic carbocycles. The molecule has 0 amide bonds. The van der Waals surface area contributed by atoms with Gasteiger partial charge in [-0.15, -0.1) is 0 Å². The van der Waals surface area contributed by atoms with E-state index in [0.29, 0.717) is 10.0 Å². The highest BCUT2D eigenvalue weighted by atomic mass is 35.5. The van der Waals surface area contributed by atoms with Crippen molar-refractivity contribution < 1.29 is 0 Å². The highest BCUT2D eigenvalue weighted by Gasteiger charge is 2.16. The molecule has 0 aliphatic rings. The van der Waals surface area contributed by atoms with Crippen molar-refractivity contribution in [3.05, 3.63) is 52.0 Å². The predicted octanol–water partition coefficient (Wildman–Crippen LogP) is 3.04. The van der Waals surface area contributed by atoms with Crippen LogP contribution >= 0.6 is 23.2 Å². The standard InChI is InChI=1S/C12H13Cl2N3/c1-15-11(12-16-5-6-17(12)2)8-3-4-9(13)10(14)7-8/h3-7,11,15H,1-2H3. The van der Waals surface area contributed by atoms with Crippen LogP contribution in [0.5, 0.6) is 0 Å². The van der Waals surface area contributed by atoms with Gasteiger partial charge < -0.3 is 9.88 Å². The summed E-state index contributed by atoms with van der Waals surface area (Å²) in [6.45, 7) is 0. The number of imidazole rings is 1. The van der Waals surface area contributed by atoms with Gasteiger partial charge in [-0.2, -0.15) is 0 Å². The molecule has 0 fully saturated rings. The molecule has 0 aliphatic heterocycles.